The maximum Gasteiger partial charge on any atom is 0.253 e. The minimum Gasteiger partial charge on any atom is -0.345 e. The topological polar surface area (TPSA) is 95.8 Å². The first kappa shape index (κ1) is 25.6. The van der Waals surface area contributed by atoms with Crippen molar-refractivity contribution in [3.63, 3.8) is 0 Å². The first-order valence-electron chi connectivity index (χ1n) is 13.5. The van der Waals surface area contributed by atoms with Gasteiger partial charge in [-0.2, -0.15) is 0 Å². The highest BCUT2D eigenvalue weighted by Gasteiger charge is 2.36. The van der Waals surface area contributed by atoms with Crippen molar-refractivity contribution in [1.82, 2.24) is 35.1 Å². The van der Waals surface area contributed by atoms with Crippen molar-refractivity contribution in [3.05, 3.63) is 75.3 Å². The third kappa shape index (κ3) is 4.51. The number of hydrogen-bond acceptors (Lipinski definition) is 8. The minimum absolute atomic E-state index is 0.0985. The van der Waals surface area contributed by atoms with Gasteiger partial charge in [0.2, 0.25) is 0 Å². The van der Waals surface area contributed by atoms with Gasteiger partial charge in [0.25, 0.3) is 5.56 Å². The lowest BCUT2D eigenvalue weighted by molar-refractivity contribution is 0.186. The highest BCUT2D eigenvalue weighted by Crippen LogP contribution is 2.34. The van der Waals surface area contributed by atoms with Gasteiger partial charge in [-0.25, -0.2) is 9.67 Å². The molecular formula is C29H34N8OS. The molecule has 10 heteroatoms. The Bertz CT molecular complexity index is 1680. The number of hydrogen-bond donors (Lipinski definition) is 1. The van der Waals surface area contributed by atoms with E-state index in [0.29, 0.717) is 11.4 Å². The number of aromatic nitrogens is 6. The van der Waals surface area contributed by atoms with Crippen LogP contribution in [0.5, 0.6) is 0 Å². The zero-order valence-electron chi connectivity index (χ0n) is 23.1. The number of aromatic amines is 1. The van der Waals surface area contributed by atoms with Crippen LogP contribution in [0.25, 0.3) is 21.1 Å². The highest BCUT2D eigenvalue weighted by molar-refractivity contribution is 7.22. The first-order chi connectivity index (χ1) is 18.8. The Morgan fingerprint density at radius 1 is 1.05 bits per heavy atom. The third-order valence-corrected chi connectivity index (χ3v) is 9.27. The van der Waals surface area contributed by atoms with Gasteiger partial charge in [0.15, 0.2) is 11.0 Å². The van der Waals surface area contributed by atoms with Gasteiger partial charge in [-0.05, 0) is 73.9 Å². The summed E-state index contributed by atoms with van der Waals surface area (Å²) in [5.41, 5.74) is 4.38. The second-order valence-corrected chi connectivity index (χ2v) is 12.1. The van der Waals surface area contributed by atoms with Crippen molar-refractivity contribution in [3.8, 4) is 0 Å². The Balaban J connectivity index is 1.41. The van der Waals surface area contributed by atoms with Crippen molar-refractivity contribution < 1.29 is 0 Å². The van der Waals surface area contributed by atoms with Crippen LogP contribution in [0.4, 0.5) is 5.13 Å². The monoisotopic (exact) mass is 542 g/mol. The van der Waals surface area contributed by atoms with Gasteiger partial charge >= 0.3 is 0 Å². The fourth-order valence-electron chi connectivity index (χ4n) is 5.41. The van der Waals surface area contributed by atoms with Crippen LogP contribution in [0.1, 0.15) is 55.7 Å². The van der Waals surface area contributed by atoms with Crippen molar-refractivity contribution in [2.45, 2.75) is 52.6 Å². The zero-order chi connectivity index (χ0) is 27.3. The van der Waals surface area contributed by atoms with Crippen LogP contribution in [-0.4, -0.2) is 61.3 Å². The maximum atomic E-state index is 13.7. The standard InChI is InChI=1S/C29H34N8OS/c1-6-29(4,5)37-26(32-33-34-37)25(21-17-20-18(2)11-12-19(3)24(20)31-27(21)38)35-13-15-36(16-14-35)28-30-22-9-7-8-10-23(22)39-28/h7-12,17,25H,6,13-16H2,1-5H3,(H,31,38). The van der Waals surface area contributed by atoms with E-state index in [2.05, 4.69) is 94.4 Å². The van der Waals surface area contributed by atoms with Gasteiger partial charge < -0.3 is 9.88 Å². The lowest BCUT2D eigenvalue weighted by Gasteiger charge is -2.39. The SMILES string of the molecule is CCC(C)(C)n1nnnc1C(c1cc2c(C)ccc(C)c2[nH]c1=O)N1CCN(c2nc3ccccc3s2)CC1. The van der Waals surface area contributed by atoms with Crippen LogP contribution >= 0.6 is 11.3 Å². The summed E-state index contributed by atoms with van der Waals surface area (Å²) in [6.45, 7) is 13.6. The Morgan fingerprint density at radius 3 is 2.54 bits per heavy atom. The summed E-state index contributed by atoms with van der Waals surface area (Å²) < 4.78 is 3.10. The number of thiazole rings is 1. The summed E-state index contributed by atoms with van der Waals surface area (Å²) >= 11 is 1.73. The molecule has 4 heterocycles. The molecule has 1 unspecified atom stereocenters. The molecule has 9 nitrogen and oxygen atoms in total. The number of benzene rings is 2. The molecule has 1 atom stereocenters. The first-order valence-corrected chi connectivity index (χ1v) is 14.3. The number of H-pyrrole nitrogens is 1. The summed E-state index contributed by atoms with van der Waals surface area (Å²) in [6, 6.07) is 14.1. The molecule has 2 aromatic carbocycles. The number of rotatable bonds is 6. The molecule has 1 aliphatic heterocycles. The van der Waals surface area contributed by atoms with Crippen molar-refractivity contribution in [2.75, 3.05) is 31.1 Å². The zero-order valence-corrected chi connectivity index (χ0v) is 23.9. The Labute approximate surface area is 231 Å². The normalized spacial score (nSPS) is 15.9. The largest absolute Gasteiger partial charge is 0.345 e. The van der Waals surface area contributed by atoms with Crippen LogP contribution in [0.2, 0.25) is 0 Å². The van der Waals surface area contributed by atoms with E-state index in [1.54, 1.807) is 11.3 Å². The molecule has 0 saturated carbocycles. The van der Waals surface area contributed by atoms with E-state index in [9.17, 15) is 4.79 Å². The predicted octanol–water partition coefficient (Wildman–Crippen LogP) is 4.80. The van der Waals surface area contributed by atoms with Gasteiger partial charge in [-0.1, -0.05) is 42.5 Å². The van der Waals surface area contributed by atoms with Gasteiger partial charge in [0, 0.05) is 37.1 Å². The lowest BCUT2D eigenvalue weighted by Crippen LogP contribution is -2.49. The lowest BCUT2D eigenvalue weighted by atomic mass is 9.97. The van der Waals surface area contributed by atoms with Gasteiger partial charge in [-0.3, -0.25) is 9.69 Å². The summed E-state index contributed by atoms with van der Waals surface area (Å²) in [4.78, 5) is 26.5. The van der Waals surface area contributed by atoms with Crippen LogP contribution in [0.15, 0.2) is 47.3 Å². The summed E-state index contributed by atoms with van der Waals surface area (Å²) in [6.07, 6.45) is 0.857. The smallest absolute Gasteiger partial charge is 0.253 e. The van der Waals surface area contributed by atoms with E-state index in [-0.39, 0.29) is 17.1 Å². The Hall–Kier alpha value is -3.63. The second kappa shape index (κ2) is 9.84. The average molecular weight is 543 g/mol. The molecule has 202 valence electrons. The van der Waals surface area contributed by atoms with Crippen LogP contribution in [0, 0.1) is 13.8 Å². The van der Waals surface area contributed by atoms with E-state index in [4.69, 9.17) is 4.98 Å². The fraction of sp³-hybridized carbons (Fsp3) is 0.414. The molecule has 0 spiro atoms. The molecule has 0 aliphatic carbocycles. The quantitative estimate of drug-likeness (QED) is 0.329. The van der Waals surface area contributed by atoms with E-state index in [0.717, 1.165) is 65.3 Å². The summed E-state index contributed by atoms with van der Waals surface area (Å²) in [7, 11) is 0. The van der Waals surface area contributed by atoms with Gasteiger partial charge in [0.1, 0.15) is 6.04 Å². The molecule has 3 aromatic heterocycles. The van der Waals surface area contributed by atoms with Crippen LogP contribution < -0.4 is 10.5 Å². The molecule has 1 N–H and O–H groups in total. The molecule has 5 aromatic rings. The summed E-state index contributed by atoms with van der Waals surface area (Å²) in [5, 5.41) is 15.1. The molecule has 1 saturated heterocycles. The van der Waals surface area contributed by atoms with Crippen molar-refractivity contribution in [1.29, 1.82) is 0 Å². The number of pyridine rings is 1. The minimum atomic E-state index is -0.378. The van der Waals surface area contributed by atoms with Gasteiger partial charge in [0.05, 0.1) is 21.3 Å². The molecule has 39 heavy (non-hydrogen) atoms. The number of nitrogens with one attached hydrogen (secondary N) is 1. The molecule has 1 fully saturated rings. The molecule has 6 rings (SSSR count). The van der Waals surface area contributed by atoms with E-state index in [1.165, 1.54) is 4.70 Å². The molecular weight excluding hydrogens is 508 g/mol. The van der Waals surface area contributed by atoms with Crippen LogP contribution in [-0.2, 0) is 5.54 Å². The molecule has 0 amide bonds. The number of aryl methyl sites for hydroxylation is 2. The maximum absolute atomic E-state index is 13.7. The fourth-order valence-corrected chi connectivity index (χ4v) is 6.42. The van der Waals surface area contributed by atoms with E-state index in [1.807, 2.05) is 17.7 Å². The Kier molecular flexibility index (Phi) is 6.47. The summed E-state index contributed by atoms with van der Waals surface area (Å²) in [5.74, 6) is 0.699. The van der Waals surface area contributed by atoms with Gasteiger partial charge in [-0.15, -0.1) is 5.10 Å². The predicted molar refractivity (Wildman–Crippen MR) is 157 cm³/mol. The number of piperazine rings is 1. The highest BCUT2D eigenvalue weighted by atomic mass is 32.1. The van der Waals surface area contributed by atoms with E-state index >= 15 is 0 Å². The average Bonchev–Trinajstić information content (AvgIpc) is 3.60. The molecule has 0 radical (unpaired) electrons. The molecule has 1 aliphatic rings. The number of nitrogens with zero attached hydrogens (tertiary/aromatic N) is 7. The number of para-hydroxylation sites is 1. The number of fused-ring (bicyclic) bond motifs is 2. The van der Waals surface area contributed by atoms with E-state index < -0.39 is 0 Å². The third-order valence-electron chi connectivity index (χ3n) is 8.18. The van der Waals surface area contributed by atoms with Crippen LogP contribution in [0.3, 0.4) is 0 Å². The van der Waals surface area contributed by atoms with Crippen molar-refractivity contribution in [2.24, 2.45) is 0 Å². The second-order valence-electron chi connectivity index (χ2n) is 11.0. The number of tetrazole rings is 1. The van der Waals surface area contributed by atoms with Crippen molar-refractivity contribution >= 4 is 37.6 Å². The molecule has 0 bridgehead atoms. The Morgan fingerprint density at radius 2 is 1.79 bits per heavy atom. The number of anilines is 1.